The van der Waals surface area contributed by atoms with Gasteiger partial charge < -0.3 is 19.9 Å². The number of carbonyl (C=O) groups is 2. The number of ether oxygens (including phenoxy) is 1. The highest BCUT2D eigenvalue weighted by atomic mass is 16.5. The molecule has 0 bridgehead atoms. The molecule has 24 heavy (non-hydrogen) atoms. The van der Waals surface area contributed by atoms with Crippen LogP contribution in [0, 0.1) is 11.3 Å². The molecule has 2 N–H and O–H groups in total. The minimum absolute atomic E-state index is 0.0271. The van der Waals surface area contributed by atoms with Gasteiger partial charge in [-0.25, -0.2) is 4.79 Å². The minimum Gasteiger partial charge on any atom is -0.464 e. The van der Waals surface area contributed by atoms with Gasteiger partial charge in [0.25, 0.3) is 5.91 Å². The minimum atomic E-state index is -0.623. The van der Waals surface area contributed by atoms with Crippen LogP contribution in [0.4, 0.5) is 5.69 Å². The van der Waals surface area contributed by atoms with Crippen LogP contribution in [0.1, 0.15) is 32.0 Å². The molecule has 1 aromatic carbocycles. The Balaban J connectivity index is 2.16. The molecule has 0 unspecified atom stereocenters. The highest BCUT2D eigenvalue weighted by Crippen LogP contribution is 2.27. The van der Waals surface area contributed by atoms with Crippen molar-refractivity contribution in [3.05, 3.63) is 46.8 Å². The Labute approximate surface area is 138 Å². The maximum atomic E-state index is 12.2. The largest absolute Gasteiger partial charge is 0.464 e. The van der Waals surface area contributed by atoms with E-state index in [4.69, 9.17) is 15.7 Å². The van der Waals surface area contributed by atoms with Crippen molar-refractivity contribution in [3.8, 4) is 11.8 Å². The second kappa shape index (κ2) is 5.74. The molecule has 7 nitrogen and oxygen atoms in total. The Morgan fingerprint density at radius 1 is 1.42 bits per heavy atom. The summed E-state index contributed by atoms with van der Waals surface area (Å²) in [5.74, 6) is -0.650. The molecule has 2 aromatic rings. The van der Waals surface area contributed by atoms with Crippen molar-refractivity contribution in [2.75, 3.05) is 26.4 Å². The van der Waals surface area contributed by atoms with E-state index in [2.05, 4.69) is 0 Å². The van der Waals surface area contributed by atoms with Crippen LogP contribution in [0.2, 0.25) is 0 Å². The average molecular weight is 324 g/mol. The van der Waals surface area contributed by atoms with Gasteiger partial charge in [-0.15, -0.1) is 0 Å². The second-order valence-corrected chi connectivity index (χ2v) is 5.60. The summed E-state index contributed by atoms with van der Waals surface area (Å²) in [5.41, 5.74) is 8.48. The Morgan fingerprint density at radius 3 is 2.83 bits per heavy atom. The number of amides is 1. The van der Waals surface area contributed by atoms with Crippen molar-refractivity contribution in [1.29, 1.82) is 5.26 Å². The van der Waals surface area contributed by atoms with Crippen molar-refractivity contribution < 1.29 is 14.3 Å². The van der Waals surface area contributed by atoms with Gasteiger partial charge in [-0.3, -0.25) is 4.79 Å². The fraction of sp³-hybridized carbons (Fsp3) is 0.235. The smallest absolute Gasteiger partial charge is 0.357 e. The highest BCUT2D eigenvalue weighted by Gasteiger charge is 2.25. The maximum Gasteiger partial charge on any atom is 0.357 e. The number of rotatable bonds is 2. The number of nitrogens with two attached hydrogens (primary N) is 1. The average Bonchev–Trinajstić information content (AvgIpc) is 2.93. The first-order valence-electron chi connectivity index (χ1n) is 7.36. The normalized spacial score (nSPS) is 13.4. The maximum absolute atomic E-state index is 12.2. The molecular formula is C17H16N4O3. The molecule has 0 saturated heterocycles. The van der Waals surface area contributed by atoms with Crippen LogP contribution in [0.3, 0.4) is 0 Å². The van der Waals surface area contributed by atoms with E-state index >= 15 is 0 Å². The first kappa shape index (κ1) is 15.6. The zero-order valence-electron chi connectivity index (χ0n) is 13.4. The van der Waals surface area contributed by atoms with E-state index < -0.39 is 5.97 Å². The lowest BCUT2D eigenvalue weighted by Gasteiger charge is -2.25. The number of nitrogen functional groups attached to an aromatic ring is 1. The summed E-state index contributed by atoms with van der Waals surface area (Å²) in [7, 11) is 3.02. The van der Waals surface area contributed by atoms with E-state index in [9.17, 15) is 9.59 Å². The third kappa shape index (κ3) is 2.29. The van der Waals surface area contributed by atoms with Gasteiger partial charge in [0, 0.05) is 31.0 Å². The number of hydrogen-bond donors (Lipinski definition) is 1. The van der Waals surface area contributed by atoms with Gasteiger partial charge in [0.15, 0.2) is 5.69 Å². The Morgan fingerprint density at radius 2 is 2.17 bits per heavy atom. The standard InChI is InChI=1S/C17H16N4O3/c1-20-6-5-10-7-12(3-4-13(10)16(20)22)21-9-11(8-18)14(19)15(21)17(23)24-2/h3-4,7,9H,5-6,19H2,1-2H3. The van der Waals surface area contributed by atoms with E-state index in [1.807, 2.05) is 12.1 Å². The van der Waals surface area contributed by atoms with Gasteiger partial charge in [-0.2, -0.15) is 5.26 Å². The van der Waals surface area contributed by atoms with Crippen molar-refractivity contribution >= 4 is 17.6 Å². The lowest BCUT2D eigenvalue weighted by atomic mass is 9.98. The van der Waals surface area contributed by atoms with Gasteiger partial charge >= 0.3 is 5.97 Å². The SMILES string of the molecule is COC(=O)c1c(N)c(C#N)cn1-c1ccc2c(c1)CCN(C)C2=O. The fourth-order valence-corrected chi connectivity index (χ4v) is 2.86. The highest BCUT2D eigenvalue weighted by molar-refractivity contribution is 5.98. The summed E-state index contributed by atoms with van der Waals surface area (Å²) in [5, 5.41) is 9.17. The topological polar surface area (TPSA) is 101 Å². The number of likely N-dealkylation sites (N-methyl/N-ethyl adjacent to an activating group) is 1. The number of aromatic nitrogens is 1. The molecule has 0 fully saturated rings. The molecule has 1 aromatic heterocycles. The van der Waals surface area contributed by atoms with E-state index in [0.29, 0.717) is 17.8 Å². The molecule has 1 aliphatic rings. The van der Waals surface area contributed by atoms with Crippen LogP contribution in [-0.4, -0.2) is 42.0 Å². The summed E-state index contributed by atoms with van der Waals surface area (Å²) < 4.78 is 6.30. The summed E-state index contributed by atoms with van der Waals surface area (Å²) in [6.45, 7) is 0.635. The molecule has 0 saturated carbocycles. The fourth-order valence-electron chi connectivity index (χ4n) is 2.86. The Hall–Kier alpha value is -3.27. The molecule has 0 spiro atoms. The van der Waals surface area contributed by atoms with E-state index in [0.717, 1.165) is 12.0 Å². The van der Waals surface area contributed by atoms with Gasteiger partial charge in [0.05, 0.1) is 18.4 Å². The van der Waals surface area contributed by atoms with Crippen molar-refractivity contribution in [1.82, 2.24) is 9.47 Å². The third-order valence-electron chi connectivity index (χ3n) is 4.20. The summed E-state index contributed by atoms with van der Waals surface area (Å²) in [6.07, 6.45) is 2.22. The molecule has 1 amide bonds. The van der Waals surface area contributed by atoms with Crippen LogP contribution in [0.25, 0.3) is 5.69 Å². The van der Waals surface area contributed by atoms with Crippen LogP contribution in [0.15, 0.2) is 24.4 Å². The van der Waals surface area contributed by atoms with Crippen LogP contribution in [-0.2, 0) is 11.2 Å². The third-order valence-corrected chi connectivity index (χ3v) is 4.20. The van der Waals surface area contributed by atoms with E-state index in [-0.39, 0.29) is 22.9 Å². The van der Waals surface area contributed by atoms with Crippen molar-refractivity contribution in [2.24, 2.45) is 0 Å². The summed E-state index contributed by atoms with van der Waals surface area (Å²) >= 11 is 0. The molecule has 1 aliphatic heterocycles. The van der Waals surface area contributed by atoms with Gasteiger partial charge in [0.2, 0.25) is 0 Å². The number of methoxy groups -OCH3 is 1. The number of hydrogen-bond acceptors (Lipinski definition) is 5. The van der Waals surface area contributed by atoms with Crippen molar-refractivity contribution in [3.63, 3.8) is 0 Å². The zero-order chi connectivity index (χ0) is 17.4. The lowest BCUT2D eigenvalue weighted by Crippen LogP contribution is -2.34. The number of carbonyl (C=O) groups excluding carboxylic acids is 2. The predicted molar refractivity (Wildman–Crippen MR) is 86.9 cm³/mol. The summed E-state index contributed by atoms with van der Waals surface area (Å²) in [4.78, 5) is 25.9. The first-order chi connectivity index (χ1) is 11.5. The van der Waals surface area contributed by atoms with Crippen LogP contribution >= 0.6 is 0 Å². The van der Waals surface area contributed by atoms with Crippen molar-refractivity contribution in [2.45, 2.75) is 6.42 Å². The number of esters is 1. The van der Waals surface area contributed by atoms with E-state index in [1.165, 1.54) is 17.9 Å². The molecular weight excluding hydrogens is 308 g/mol. The number of anilines is 1. The number of fused-ring (bicyclic) bond motifs is 1. The number of nitriles is 1. The predicted octanol–water partition coefficient (Wildman–Crippen LogP) is 1.35. The lowest BCUT2D eigenvalue weighted by molar-refractivity contribution is 0.0592. The van der Waals surface area contributed by atoms with Gasteiger partial charge in [-0.1, -0.05) is 0 Å². The molecule has 2 heterocycles. The monoisotopic (exact) mass is 324 g/mol. The molecule has 0 radical (unpaired) electrons. The Bertz CT molecular complexity index is 892. The van der Waals surface area contributed by atoms with Gasteiger partial charge in [0.1, 0.15) is 6.07 Å². The second-order valence-electron chi connectivity index (χ2n) is 5.60. The number of benzene rings is 1. The molecule has 7 heteroatoms. The number of nitrogens with zero attached hydrogens (tertiary/aromatic N) is 3. The van der Waals surface area contributed by atoms with Crippen LogP contribution in [0.5, 0.6) is 0 Å². The first-order valence-corrected chi connectivity index (χ1v) is 7.36. The molecule has 0 aliphatic carbocycles. The summed E-state index contributed by atoms with van der Waals surface area (Å²) in [6, 6.07) is 7.26. The van der Waals surface area contributed by atoms with E-state index in [1.54, 1.807) is 24.1 Å². The van der Waals surface area contributed by atoms with Crippen LogP contribution < -0.4 is 5.73 Å². The molecule has 3 rings (SSSR count). The molecule has 0 atom stereocenters. The Kier molecular flexibility index (Phi) is 3.73. The van der Waals surface area contributed by atoms with Gasteiger partial charge in [-0.05, 0) is 30.2 Å². The quantitative estimate of drug-likeness (QED) is 0.840. The zero-order valence-corrected chi connectivity index (χ0v) is 13.4. The molecule has 122 valence electrons.